The SMILES string of the molecule is CCCNC(=O)COCCCN. The first kappa shape index (κ1) is 11.4. The molecule has 72 valence electrons. The smallest absolute Gasteiger partial charge is 0.245 e. The number of carbonyl (C=O) groups is 1. The van der Waals surface area contributed by atoms with Gasteiger partial charge in [0.2, 0.25) is 5.91 Å². The standard InChI is InChI=1S/C8H18N2O2/c1-2-5-10-8(11)7-12-6-3-4-9/h2-7,9H2,1H3,(H,10,11). The Morgan fingerprint density at radius 1 is 1.58 bits per heavy atom. The van der Waals surface area contributed by atoms with Crippen LogP contribution in [0.2, 0.25) is 0 Å². The second-order valence-electron chi connectivity index (χ2n) is 2.54. The minimum Gasteiger partial charge on any atom is -0.372 e. The van der Waals surface area contributed by atoms with Crippen LogP contribution in [0.5, 0.6) is 0 Å². The van der Waals surface area contributed by atoms with Gasteiger partial charge >= 0.3 is 0 Å². The molecule has 0 unspecified atom stereocenters. The highest BCUT2D eigenvalue weighted by atomic mass is 16.5. The van der Waals surface area contributed by atoms with Crippen molar-refractivity contribution in [1.82, 2.24) is 5.32 Å². The summed E-state index contributed by atoms with van der Waals surface area (Å²) in [5.74, 6) is -0.0473. The van der Waals surface area contributed by atoms with Crippen LogP contribution in [0.4, 0.5) is 0 Å². The van der Waals surface area contributed by atoms with Gasteiger partial charge in [-0.2, -0.15) is 0 Å². The molecule has 4 nitrogen and oxygen atoms in total. The summed E-state index contributed by atoms with van der Waals surface area (Å²) in [6.07, 6.45) is 1.76. The van der Waals surface area contributed by atoms with Crippen LogP contribution in [0.3, 0.4) is 0 Å². The zero-order valence-electron chi connectivity index (χ0n) is 7.64. The molecule has 0 fully saturated rings. The predicted molar refractivity (Wildman–Crippen MR) is 47.8 cm³/mol. The van der Waals surface area contributed by atoms with E-state index in [1.54, 1.807) is 0 Å². The molecule has 0 aliphatic heterocycles. The molecule has 0 spiro atoms. The Labute approximate surface area is 73.5 Å². The van der Waals surface area contributed by atoms with Crippen LogP contribution < -0.4 is 11.1 Å². The second-order valence-corrected chi connectivity index (χ2v) is 2.54. The van der Waals surface area contributed by atoms with Crippen LogP contribution >= 0.6 is 0 Å². The quantitative estimate of drug-likeness (QED) is 0.529. The molecule has 1 amide bonds. The molecule has 4 heteroatoms. The first-order valence-corrected chi connectivity index (χ1v) is 4.35. The summed E-state index contributed by atoms with van der Waals surface area (Å²) < 4.78 is 5.04. The van der Waals surface area contributed by atoms with E-state index in [1.165, 1.54) is 0 Å². The van der Waals surface area contributed by atoms with E-state index in [0.717, 1.165) is 19.4 Å². The molecule has 0 heterocycles. The minimum absolute atomic E-state index is 0.0473. The number of hydrogen-bond donors (Lipinski definition) is 2. The summed E-state index contributed by atoms with van der Waals surface area (Å²) >= 11 is 0. The highest BCUT2D eigenvalue weighted by molar-refractivity contribution is 5.77. The zero-order chi connectivity index (χ0) is 9.23. The van der Waals surface area contributed by atoms with Crippen molar-refractivity contribution in [3.8, 4) is 0 Å². The largest absolute Gasteiger partial charge is 0.372 e. The minimum atomic E-state index is -0.0473. The van der Waals surface area contributed by atoms with E-state index >= 15 is 0 Å². The lowest BCUT2D eigenvalue weighted by molar-refractivity contribution is -0.125. The number of rotatable bonds is 7. The van der Waals surface area contributed by atoms with Crippen molar-refractivity contribution in [1.29, 1.82) is 0 Å². The van der Waals surface area contributed by atoms with Crippen molar-refractivity contribution in [3.63, 3.8) is 0 Å². The molecular formula is C8H18N2O2. The first-order chi connectivity index (χ1) is 5.81. The molecule has 0 radical (unpaired) electrons. The average molecular weight is 174 g/mol. The van der Waals surface area contributed by atoms with Crippen LogP contribution in [-0.2, 0) is 9.53 Å². The molecule has 0 saturated carbocycles. The van der Waals surface area contributed by atoms with Crippen molar-refractivity contribution in [2.75, 3.05) is 26.3 Å². The normalized spacial score (nSPS) is 9.83. The van der Waals surface area contributed by atoms with E-state index in [-0.39, 0.29) is 12.5 Å². The van der Waals surface area contributed by atoms with Crippen molar-refractivity contribution >= 4 is 5.91 Å². The van der Waals surface area contributed by atoms with Gasteiger partial charge in [0.05, 0.1) is 0 Å². The van der Waals surface area contributed by atoms with E-state index < -0.39 is 0 Å². The van der Waals surface area contributed by atoms with Crippen LogP contribution in [0.25, 0.3) is 0 Å². The Morgan fingerprint density at radius 2 is 2.33 bits per heavy atom. The zero-order valence-corrected chi connectivity index (χ0v) is 7.64. The molecule has 12 heavy (non-hydrogen) atoms. The summed E-state index contributed by atoms with van der Waals surface area (Å²) in [6, 6.07) is 0. The van der Waals surface area contributed by atoms with E-state index in [4.69, 9.17) is 10.5 Å². The van der Waals surface area contributed by atoms with Crippen molar-refractivity contribution in [3.05, 3.63) is 0 Å². The maximum atomic E-state index is 10.9. The Morgan fingerprint density at radius 3 is 2.92 bits per heavy atom. The van der Waals surface area contributed by atoms with Gasteiger partial charge in [0.15, 0.2) is 0 Å². The number of ether oxygens (including phenoxy) is 1. The molecule has 0 rings (SSSR count). The number of nitrogens with one attached hydrogen (secondary N) is 1. The predicted octanol–water partition coefficient (Wildman–Crippen LogP) is -0.122. The van der Waals surface area contributed by atoms with Crippen molar-refractivity contribution in [2.24, 2.45) is 5.73 Å². The fourth-order valence-electron chi connectivity index (χ4n) is 0.666. The lowest BCUT2D eigenvalue weighted by atomic mass is 10.4. The molecule has 0 aliphatic carbocycles. The lowest BCUT2D eigenvalue weighted by Gasteiger charge is -2.03. The number of hydrogen-bond acceptors (Lipinski definition) is 3. The number of amides is 1. The number of nitrogens with two attached hydrogens (primary N) is 1. The Bertz CT molecular complexity index is 118. The Kier molecular flexibility index (Phi) is 8.05. The molecule has 0 atom stereocenters. The van der Waals surface area contributed by atoms with Gasteiger partial charge in [0.25, 0.3) is 0 Å². The summed E-state index contributed by atoms with van der Waals surface area (Å²) in [4.78, 5) is 10.9. The number of carbonyl (C=O) groups excluding carboxylic acids is 1. The summed E-state index contributed by atoms with van der Waals surface area (Å²) in [6.45, 7) is 4.06. The van der Waals surface area contributed by atoms with E-state index in [9.17, 15) is 4.79 Å². The van der Waals surface area contributed by atoms with Gasteiger partial charge < -0.3 is 15.8 Å². The third-order valence-corrected chi connectivity index (χ3v) is 1.30. The van der Waals surface area contributed by atoms with Crippen LogP contribution in [0, 0.1) is 0 Å². The first-order valence-electron chi connectivity index (χ1n) is 4.35. The molecular weight excluding hydrogens is 156 g/mol. The van der Waals surface area contributed by atoms with Gasteiger partial charge in [0, 0.05) is 13.2 Å². The lowest BCUT2D eigenvalue weighted by Crippen LogP contribution is -2.28. The Hall–Kier alpha value is -0.610. The molecule has 3 N–H and O–H groups in total. The average Bonchev–Trinajstić information content (AvgIpc) is 2.09. The van der Waals surface area contributed by atoms with Gasteiger partial charge in [0.1, 0.15) is 6.61 Å². The summed E-state index contributed by atoms with van der Waals surface area (Å²) in [7, 11) is 0. The summed E-state index contributed by atoms with van der Waals surface area (Å²) in [5, 5.41) is 2.71. The maximum absolute atomic E-state index is 10.9. The monoisotopic (exact) mass is 174 g/mol. The topological polar surface area (TPSA) is 64.3 Å². The molecule has 0 saturated heterocycles. The van der Waals surface area contributed by atoms with Crippen LogP contribution in [-0.4, -0.2) is 32.2 Å². The molecule has 0 aromatic heterocycles. The maximum Gasteiger partial charge on any atom is 0.245 e. The highest BCUT2D eigenvalue weighted by Gasteiger charge is 1.97. The van der Waals surface area contributed by atoms with Gasteiger partial charge in [-0.05, 0) is 19.4 Å². The van der Waals surface area contributed by atoms with E-state index in [2.05, 4.69) is 5.32 Å². The Balaban J connectivity index is 3.08. The van der Waals surface area contributed by atoms with Gasteiger partial charge in [-0.3, -0.25) is 4.79 Å². The summed E-state index contributed by atoms with van der Waals surface area (Å²) in [5.41, 5.74) is 5.25. The molecule has 0 aromatic rings. The third-order valence-electron chi connectivity index (χ3n) is 1.30. The molecule has 0 bridgehead atoms. The fourth-order valence-corrected chi connectivity index (χ4v) is 0.666. The third kappa shape index (κ3) is 7.50. The second kappa shape index (κ2) is 8.49. The van der Waals surface area contributed by atoms with Gasteiger partial charge in [-0.25, -0.2) is 0 Å². The van der Waals surface area contributed by atoms with Crippen molar-refractivity contribution < 1.29 is 9.53 Å². The van der Waals surface area contributed by atoms with Crippen molar-refractivity contribution in [2.45, 2.75) is 19.8 Å². The van der Waals surface area contributed by atoms with E-state index in [0.29, 0.717) is 13.2 Å². The molecule has 0 aromatic carbocycles. The van der Waals surface area contributed by atoms with Crippen LogP contribution in [0.15, 0.2) is 0 Å². The fraction of sp³-hybridized carbons (Fsp3) is 0.875. The molecule has 0 aliphatic rings. The van der Waals surface area contributed by atoms with E-state index in [1.807, 2.05) is 6.92 Å². The van der Waals surface area contributed by atoms with Gasteiger partial charge in [-0.15, -0.1) is 0 Å². The van der Waals surface area contributed by atoms with Crippen LogP contribution in [0.1, 0.15) is 19.8 Å². The highest BCUT2D eigenvalue weighted by Crippen LogP contribution is 1.80. The van der Waals surface area contributed by atoms with Gasteiger partial charge in [-0.1, -0.05) is 6.92 Å².